The van der Waals surface area contributed by atoms with Gasteiger partial charge in [-0.2, -0.15) is 0 Å². The molecular formula is C11H24O2Si. The summed E-state index contributed by atoms with van der Waals surface area (Å²) in [5, 5.41) is 0.220. The average Bonchev–Trinajstić information content (AvgIpc) is 1.79. The fourth-order valence-corrected chi connectivity index (χ4v) is 2.57. The molecular weight excluding hydrogens is 192 g/mol. The second kappa shape index (κ2) is 4.58. The van der Waals surface area contributed by atoms with Crippen LogP contribution in [0, 0.1) is 0 Å². The third kappa shape index (κ3) is 4.38. The predicted octanol–water partition coefficient (Wildman–Crippen LogP) is 3.38. The van der Waals surface area contributed by atoms with Crippen LogP contribution in [0.1, 0.15) is 41.0 Å². The van der Waals surface area contributed by atoms with Crippen molar-refractivity contribution in [3.05, 3.63) is 0 Å². The monoisotopic (exact) mass is 216 g/mol. The van der Waals surface area contributed by atoms with Gasteiger partial charge in [0.25, 0.3) is 0 Å². The van der Waals surface area contributed by atoms with Gasteiger partial charge < -0.3 is 4.43 Å². The second-order valence-electron chi connectivity index (χ2n) is 5.59. The van der Waals surface area contributed by atoms with Crippen molar-refractivity contribution in [3.8, 4) is 0 Å². The second-order valence-corrected chi connectivity index (χ2v) is 10.4. The standard InChI is InChI=1S/C11H24O2Si/c1-9(12)8-10(2)13-14(6,7)11(3,4)5/h10H,8H2,1-7H3/t10-/m0/s1. The first-order valence-corrected chi connectivity index (χ1v) is 8.14. The van der Waals surface area contributed by atoms with Crippen LogP contribution in [0.3, 0.4) is 0 Å². The smallest absolute Gasteiger partial charge is 0.192 e. The lowest BCUT2D eigenvalue weighted by Crippen LogP contribution is -2.43. The predicted molar refractivity (Wildman–Crippen MR) is 63.0 cm³/mol. The summed E-state index contributed by atoms with van der Waals surface area (Å²) in [5.74, 6) is 0.205. The highest BCUT2D eigenvalue weighted by Gasteiger charge is 2.38. The molecule has 0 radical (unpaired) electrons. The van der Waals surface area contributed by atoms with Gasteiger partial charge in [-0.1, -0.05) is 20.8 Å². The minimum absolute atomic E-state index is 0.0633. The maximum Gasteiger partial charge on any atom is 0.192 e. The molecule has 0 saturated heterocycles. The van der Waals surface area contributed by atoms with E-state index in [1.165, 1.54) is 0 Å². The van der Waals surface area contributed by atoms with Gasteiger partial charge in [0.15, 0.2) is 8.32 Å². The van der Waals surface area contributed by atoms with E-state index in [0.29, 0.717) is 6.42 Å². The summed E-state index contributed by atoms with van der Waals surface area (Å²) in [6.07, 6.45) is 0.598. The Kier molecular flexibility index (Phi) is 4.53. The summed E-state index contributed by atoms with van der Waals surface area (Å²) in [7, 11) is -1.69. The van der Waals surface area contributed by atoms with Crippen molar-refractivity contribution in [2.75, 3.05) is 0 Å². The van der Waals surface area contributed by atoms with E-state index in [2.05, 4.69) is 33.9 Å². The lowest BCUT2D eigenvalue weighted by molar-refractivity contribution is -0.118. The summed E-state index contributed by atoms with van der Waals surface area (Å²) >= 11 is 0. The maximum absolute atomic E-state index is 10.9. The van der Waals surface area contributed by atoms with Crippen LogP contribution in [-0.2, 0) is 9.22 Å². The molecule has 0 amide bonds. The van der Waals surface area contributed by atoms with Crippen molar-refractivity contribution in [2.45, 2.75) is 65.3 Å². The lowest BCUT2D eigenvalue weighted by atomic mass is 10.2. The molecule has 0 aromatic rings. The molecule has 0 aliphatic carbocycles. The molecule has 0 aliphatic rings. The lowest BCUT2D eigenvalue weighted by Gasteiger charge is -2.38. The summed E-state index contributed by atoms with van der Waals surface area (Å²) in [6, 6.07) is 0. The van der Waals surface area contributed by atoms with Crippen molar-refractivity contribution >= 4 is 14.1 Å². The van der Waals surface area contributed by atoms with E-state index in [4.69, 9.17) is 4.43 Å². The van der Waals surface area contributed by atoms with Gasteiger partial charge in [0.1, 0.15) is 5.78 Å². The molecule has 0 spiro atoms. The van der Waals surface area contributed by atoms with Gasteiger partial charge in [-0.15, -0.1) is 0 Å². The van der Waals surface area contributed by atoms with Gasteiger partial charge in [-0.3, -0.25) is 4.79 Å². The number of rotatable bonds is 4. The van der Waals surface area contributed by atoms with Crippen molar-refractivity contribution in [3.63, 3.8) is 0 Å². The van der Waals surface area contributed by atoms with Gasteiger partial charge in [0, 0.05) is 12.5 Å². The molecule has 0 aromatic carbocycles. The zero-order valence-corrected chi connectivity index (χ0v) is 11.6. The number of carbonyl (C=O) groups excluding carboxylic acids is 1. The largest absolute Gasteiger partial charge is 0.414 e. The molecule has 0 N–H and O–H groups in total. The van der Waals surface area contributed by atoms with Crippen molar-refractivity contribution in [2.24, 2.45) is 0 Å². The summed E-state index contributed by atoms with van der Waals surface area (Å²) in [6.45, 7) is 14.7. The molecule has 0 unspecified atom stereocenters. The molecule has 0 heterocycles. The minimum Gasteiger partial charge on any atom is -0.414 e. The van der Waals surface area contributed by atoms with E-state index in [1.807, 2.05) is 6.92 Å². The summed E-state index contributed by atoms with van der Waals surface area (Å²) in [4.78, 5) is 10.9. The number of hydrogen-bond donors (Lipinski definition) is 0. The highest BCUT2D eigenvalue weighted by atomic mass is 28.4. The Hall–Kier alpha value is -0.153. The third-order valence-electron chi connectivity index (χ3n) is 2.88. The van der Waals surface area contributed by atoms with Gasteiger partial charge in [-0.25, -0.2) is 0 Å². The SMILES string of the molecule is CC(=O)C[C@H](C)O[Si](C)(C)C(C)(C)C. The first-order valence-electron chi connectivity index (χ1n) is 5.23. The van der Waals surface area contributed by atoms with Gasteiger partial charge in [0.2, 0.25) is 0 Å². The van der Waals surface area contributed by atoms with Gasteiger partial charge >= 0.3 is 0 Å². The minimum atomic E-state index is -1.69. The molecule has 0 aromatic heterocycles. The van der Waals surface area contributed by atoms with Crippen LogP contribution >= 0.6 is 0 Å². The zero-order chi connectivity index (χ0) is 11.6. The van der Waals surface area contributed by atoms with Crippen LogP contribution < -0.4 is 0 Å². The molecule has 0 aliphatic heterocycles. The van der Waals surface area contributed by atoms with Crippen LogP contribution in [0.5, 0.6) is 0 Å². The average molecular weight is 216 g/mol. The Morgan fingerprint density at radius 1 is 1.36 bits per heavy atom. The molecule has 1 atom stereocenters. The topological polar surface area (TPSA) is 26.3 Å². The Balaban J connectivity index is 4.29. The highest BCUT2D eigenvalue weighted by molar-refractivity contribution is 6.74. The van der Waals surface area contributed by atoms with Crippen LogP contribution in [0.15, 0.2) is 0 Å². The van der Waals surface area contributed by atoms with Gasteiger partial charge in [0.05, 0.1) is 0 Å². The van der Waals surface area contributed by atoms with E-state index in [-0.39, 0.29) is 16.9 Å². The van der Waals surface area contributed by atoms with Crippen molar-refractivity contribution < 1.29 is 9.22 Å². The summed E-state index contributed by atoms with van der Waals surface area (Å²) in [5.41, 5.74) is 0. The summed E-state index contributed by atoms with van der Waals surface area (Å²) < 4.78 is 6.03. The Bertz CT molecular complexity index is 204. The van der Waals surface area contributed by atoms with Crippen molar-refractivity contribution in [1.29, 1.82) is 0 Å². The highest BCUT2D eigenvalue weighted by Crippen LogP contribution is 2.37. The fourth-order valence-electron chi connectivity index (χ4n) is 1.13. The molecule has 0 saturated carbocycles. The Labute approximate surface area is 89.2 Å². The number of hydrogen-bond acceptors (Lipinski definition) is 2. The molecule has 0 fully saturated rings. The van der Waals surface area contributed by atoms with E-state index in [9.17, 15) is 4.79 Å². The fraction of sp³-hybridized carbons (Fsp3) is 0.909. The third-order valence-corrected chi connectivity index (χ3v) is 7.48. The van der Waals surface area contributed by atoms with Crippen LogP contribution in [0.2, 0.25) is 18.1 Å². The van der Waals surface area contributed by atoms with Crippen LogP contribution in [0.25, 0.3) is 0 Å². The molecule has 0 rings (SSSR count). The maximum atomic E-state index is 10.9. The quantitative estimate of drug-likeness (QED) is 0.673. The van der Waals surface area contributed by atoms with E-state index >= 15 is 0 Å². The molecule has 84 valence electrons. The van der Waals surface area contributed by atoms with E-state index in [1.54, 1.807) is 6.92 Å². The van der Waals surface area contributed by atoms with Crippen molar-refractivity contribution in [1.82, 2.24) is 0 Å². The van der Waals surface area contributed by atoms with Crippen LogP contribution in [0.4, 0.5) is 0 Å². The molecule has 0 bridgehead atoms. The zero-order valence-electron chi connectivity index (χ0n) is 10.6. The van der Waals surface area contributed by atoms with Gasteiger partial charge in [-0.05, 0) is 32.0 Å². The number of ketones is 1. The number of Topliss-reactive ketones (excluding diaryl/α,β-unsaturated/α-hetero) is 1. The molecule has 2 nitrogen and oxygen atoms in total. The normalized spacial score (nSPS) is 15.4. The van der Waals surface area contributed by atoms with Crippen LogP contribution in [-0.4, -0.2) is 20.2 Å². The first-order chi connectivity index (χ1) is 6.06. The number of carbonyl (C=O) groups is 1. The Morgan fingerprint density at radius 3 is 2.07 bits per heavy atom. The molecule has 3 heteroatoms. The van der Waals surface area contributed by atoms with E-state index in [0.717, 1.165) is 0 Å². The Morgan fingerprint density at radius 2 is 1.79 bits per heavy atom. The molecule has 14 heavy (non-hydrogen) atoms. The first kappa shape index (κ1) is 13.8. The van der Waals surface area contributed by atoms with E-state index < -0.39 is 8.32 Å².